The number of fused-ring (bicyclic) bond motifs is 1. The van der Waals surface area contributed by atoms with Crippen molar-refractivity contribution >= 4 is 10.8 Å². The van der Waals surface area contributed by atoms with Gasteiger partial charge in [-0.2, -0.15) is 26.3 Å². The Balaban J connectivity index is 2.03. The lowest BCUT2D eigenvalue weighted by atomic mass is 10.1. The first-order valence-corrected chi connectivity index (χ1v) is 7.26. The van der Waals surface area contributed by atoms with E-state index in [2.05, 4.69) is 0 Å². The van der Waals surface area contributed by atoms with Crippen LogP contribution in [0.15, 0.2) is 36.4 Å². The fraction of sp³-hybridized carbons (Fsp3) is 0.375. The number of rotatable bonds is 6. The van der Waals surface area contributed by atoms with Crippen molar-refractivity contribution in [3.8, 4) is 11.5 Å². The van der Waals surface area contributed by atoms with E-state index >= 15 is 0 Å². The molecule has 2 atom stereocenters. The van der Waals surface area contributed by atoms with Crippen LogP contribution >= 0.6 is 0 Å². The predicted octanol–water partition coefficient (Wildman–Crippen LogP) is 3.44. The van der Waals surface area contributed by atoms with Crippen LogP contribution in [0.4, 0.5) is 26.3 Å². The van der Waals surface area contributed by atoms with E-state index in [1.807, 2.05) is 0 Å². The van der Waals surface area contributed by atoms with Crippen LogP contribution in [0, 0.1) is 0 Å². The number of hydrogen-bond donors (Lipinski definition) is 2. The Morgan fingerprint density at radius 1 is 0.692 bits per heavy atom. The second-order valence-corrected chi connectivity index (χ2v) is 5.41. The summed E-state index contributed by atoms with van der Waals surface area (Å²) in [7, 11) is 0. The van der Waals surface area contributed by atoms with Crippen LogP contribution in [0.5, 0.6) is 11.5 Å². The average Bonchev–Trinajstić information content (AvgIpc) is 2.55. The van der Waals surface area contributed by atoms with Crippen molar-refractivity contribution in [1.82, 2.24) is 0 Å². The maximum absolute atomic E-state index is 12.2. The van der Waals surface area contributed by atoms with E-state index < -0.39 is 37.8 Å². The third-order valence-electron chi connectivity index (χ3n) is 3.35. The van der Waals surface area contributed by atoms with Gasteiger partial charge in [-0.25, -0.2) is 0 Å². The van der Waals surface area contributed by atoms with E-state index in [1.165, 1.54) is 36.4 Å². The third-order valence-corrected chi connectivity index (χ3v) is 3.35. The summed E-state index contributed by atoms with van der Waals surface area (Å²) < 4.78 is 83.1. The first-order valence-electron chi connectivity index (χ1n) is 7.26. The van der Waals surface area contributed by atoms with Crippen LogP contribution < -0.4 is 9.47 Å². The fourth-order valence-electron chi connectivity index (χ4n) is 1.92. The van der Waals surface area contributed by atoms with Gasteiger partial charge in [0.25, 0.3) is 0 Å². The SMILES string of the molecule is OC(COc1ccc2cc(OCC(O)C(F)(F)F)ccc2c1)C(F)(F)F. The van der Waals surface area contributed by atoms with Crippen molar-refractivity contribution in [3.05, 3.63) is 36.4 Å². The molecule has 0 saturated heterocycles. The summed E-state index contributed by atoms with van der Waals surface area (Å²) in [4.78, 5) is 0. The summed E-state index contributed by atoms with van der Waals surface area (Å²) in [5.74, 6) is 0.170. The van der Waals surface area contributed by atoms with E-state index in [-0.39, 0.29) is 11.5 Å². The first-order chi connectivity index (χ1) is 12.0. The molecule has 0 fully saturated rings. The van der Waals surface area contributed by atoms with Crippen LogP contribution in [0.2, 0.25) is 0 Å². The number of hydrogen-bond acceptors (Lipinski definition) is 4. The third kappa shape index (κ3) is 5.40. The summed E-state index contributed by atoms with van der Waals surface area (Å²) in [6.45, 7) is -1.93. The van der Waals surface area contributed by atoms with E-state index in [0.29, 0.717) is 10.8 Å². The summed E-state index contributed by atoms with van der Waals surface area (Å²) in [6.07, 6.45) is -14.8. The minimum absolute atomic E-state index is 0.0852. The molecule has 4 nitrogen and oxygen atoms in total. The molecule has 0 aliphatic rings. The van der Waals surface area contributed by atoms with Gasteiger partial charge in [0.1, 0.15) is 24.7 Å². The molecule has 2 unspecified atom stereocenters. The van der Waals surface area contributed by atoms with Crippen LogP contribution in [0.3, 0.4) is 0 Å². The fourth-order valence-corrected chi connectivity index (χ4v) is 1.92. The Kier molecular flexibility index (Phi) is 5.87. The van der Waals surface area contributed by atoms with E-state index in [1.54, 1.807) is 0 Å². The van der Waals surface area contributed by atoms with Crippen molar-refractivity contribution < 1.29 is 46.0 Å². The Morgan fingerprint density at radius 2 is 1.04 bits per heavy atom. The molecule has 26 heavy (non-hydrogen) atoms. The number of halogens is 6. The standard InChI is InChI=1S/C16H14F6O4/c17-15(18,19)13(23)7-25-11-3-1-9-5-12(4-2-10(9)6-11)26-8-14(24)16(20,21)22/h1-6,13-14,23-24H,7-8H2. The van der Waals surface area contributed by atoms with Gasteiger partial charge in [-0.3, -0.25) is 0 Å². The molecular weight excluding hydrogens is 370 g/mol. The molecule has 2 aromatic rings. The molecule has 2 rings (SSSR count). The zero-order valence-corrected chi connectivity index (χ0v) is 13.0. The lowest BCUT2D eigenvalue weighted by Gasteiger charge is -2.16. The number of aliphatic hydroxyl groups is 2. The summed E-state index contributed by atoms with van der Waals surface area (Å²) in [5.41, 5.74) is 0. The minimum Gasteiger partial charge on any atom is -0.491 e. The van der Waals surface area contributed by atoms with Crippen molar-refractivity contribution in [1.29, 1.82) is 0 Å². The maximum Gasteiger partial charge on any atom is 0.417 e. The molecule has 0 amide bonds. The van der Waals surface area contributed by atoms with Gasteiger partial charge in [-0.05, 0) is 35.0 Å². The second kappa shape index (κ2) is 7.58. The van der Waals surface area contributed by atoms with Crippen LogP contribution in [0.25, 0.3) is 10.8 Å². The highest BCUT2D eigenvalue weighted by atomic mass is 19.4. The summed E-state index contributed by atoms with van der Waals surface area (Å²) >= 11 is 0. The van der Waals surface area contributed by atoms with Crippen molar-refractivity contribution in [2.75, 3.05) is 13.2 Å². The van der Waals surface area contributed by atoms with Crippen LogP contribution in [-0.4, -0.2) is 48.0 Å². The van der Waals surface area contributed by atoms with Gasteiger partial charge in [-0.1, -0.05) is 12.1 Å². The number of benzene rings is 2. The van der Waals surface area contributed by atoms with E-state index in [9.17, 15) is 26.3 Å². The van der Waals surface area contributed by atoms with Gasteiger partial charge in [0.05, 0.1) is 0 Å². The maximum atomic E-state index is 12.2. The minimum atomic E-state index is -4.79. The summed E-state index contributed by atoms with van der Waals surface area (Å²) in [5, 5.41) is 18.9. The van der Waals surface area contributed by atoms with Gasteiger partial charge in [0.2, 0.25) is 0 Å². The zero-order chi connectivity index (χ0) is 19.5. The highest BCUT2D eigenvalue weighted by molar-refractivity contribution is 5.85. The lowest BCUT2D eigenvalue weighted by Crippen LogP contribution is -2.34. The molecule has 0 aliphatic heterocycles. The molecule has 0 bridgehead atoms. The van der Waals surface area contributed by atoms with Gasteiger partial charge >= 0.3 is 12.4 Å². The summed E-state index contributed by atoms with van der Waals surface area (Å²) in [6, 6.07) is 8.45. The first kappa shape index (κ1) is 20.1. The Labute approximate surface area is 143 Å². The molecule has 0 saturated carbocycles. The predicted molar refractivity (Wildman–Crippen MR) is 79.1 cm³/mol. The van der Waals surface area contributed by atoms with Gasteiger partial charge in [0, 0.05) is 0 Å². The van der Waals surface area contributed by atoms with Crippen LogP contribution in [0.1, 0.15) is 0 Å². The topological polar surface area (TPSA) is 58.9 Å². The highest BCUT2D eigenvalue weighted by Gasteiger charge is 2.39. The second-order valence-electron chi connectivity index (χ2n) is 5.41. The molecule has 0 heterocycles. The molecular formula is C16H14F6O4. The van der Waals surface area contributed by atoms with E-state index in [0.717, 1.165) is 0 Å². The van der Waals surface area contributed by atoms with Gasteiger partial charge < -0.3 is 19.7 Å². The molecule has 144 valence electrons. The quantitative estimate of drug-likeness (QED) is 0.750. The largest absolute Gasteiger partial charge is 0.491 e. The lowest BCUT2D eigenvalue weighted by molar-refractivity contribution is -0.211. The number of ether oxygens (including phenoxy) is 2. The number of aliphatic hydroxyl groups excluding tert-OH is 2. The molecule has 10 heteroatoms. The van der Waals surface area contributed by atoms with Crippen LogP contribution in [-0.2, 0) is 0 Å². The molecule has 0 aromatic heterocycles. The van der Waals surface area contributed by atoms with Gasteiger partial charge in [0.15, 0.2) is 12.2 Å². The van der Waals surface area contributed by atoms with E-state index in [4.69, 9.17) is 19.7 Å². The molecule has 0 radical (unpaired) electrons. The average molecular weight is 384 g/mol. The Bertz CT molecular complexity index is 680. The number of alkyl halides is 6. The zero-order valence-electron chi connectivity index (χ0n) is 13.0. The van der Waals surface area contributed by atoms with Gasteiger partial charge in [-0.15, -0.1) is 0 Å². The normalized spacial score (nSPS) is 14.9. The van der Waals surface area contributed by atoms with Crippen molar-refractivity contribution in [3.63, 3.8) is 0 Å². The Morgan fingerprint density at radius 3 is 1.35 bits per heavy atom. The molecule has 0 spiro atoms. The van der Waals surface area contributed by atoms with Crippen molar-refractivity contribution in [2.45, 2.75) is 24.6 Å². The molecule has 0 aliphatic carbocycles. The smallest absolute Gasteiger partial charge is 0.417 e. The molecule has 2 aromatic carbocycles. The molecule has 2 N–H and O–H groups in total. The Hall–Kier alpha value is -2.20. The monoisotopic (exact) mass is 384 g/mol. The van der Waals surface area contributed by atoms with Crippen molar-refractivity contribution in [2.24, 2.45) is 0 Å². The highest BCUT2D eigenvalue weighted by Crippen LogP contribution is 2.27.